The Hall–Kier alpha value is -1.47. The lowest BCUT2D eigenvalue weighted by Crippen LogP contribution is -2.58. The van der Waals surface area contributed by atoms with E-state index in [1.54, 1.807) is 7.11 Å². The monoisotopic (exact) mass is 297 g/mol. The number of likely N-dealkylation sites (tertiary alicyclic amines) is 1. The van der Waals surface area contributed by atoms with Crippen molar-refractivity contribution >= 4 is 17.7 Å². The molecule has 118 valence electrons. The smallest absolute Gasteiger partial charge is 0.251 e. The van der Waals surface area contributed by atoms with Crippen molar-refractivity contribution in [3.05, 3.63) is 0 Å². The van der Waals surface area contributed by atoms with E-state index < -0.39 is 11.5 Å². The number of methoxy groups -OCH3 is 1. The predicted molar refractivity (Wildman–Crippen MR) is 75.4 cm³/mol. The zero-order valence-corrected chi connectivity index (χ0v) is 12.6. The highest BCUT2D eigenvalue weighted by Crippen LogP contribution is 2.30. The zero-order valence-electron chi connectivity index (χ0n) is 12.6. The van der Waals surface area contributed by atoms with Crippen LogP contribution in [0.15, 0.2) is 0 Å². The molecule has 2 heterocycles. The van der Waals surface area contributed by atoms with E-state index in [0.717, 1.165) is 18.0 Å². The van der Waals surface area contributed by atoms with Crippen molar-refractivity contribution in [2.45, 2.75) is 31.7 Å². The van der Waals surface area contributed by atoms with Crippen molar-refractivity contribution in [1.29, 1.82) is 0 Å². The summed E-state index contributed by atoms with van der Waals surface area (Å²) in [5.41, 5.74) is -0.583. The molecule has 2 fully saturated rings. The van der Waals surface area contributed by atoms with Gasteiger partial charge in [-0.25, -0.2) is 0 Å². The molecule has 2 aliphatic rings. The van der Waals surface area contributed by atoms with Crippen molar-refractivity contribution < 1.29 is 19.1 Å². The maximum atomic E-state index is 12.6. The van der Waals surface area contributed by atoms with Gasteiger partial charge in [0.25, 0.3) is 5.91 Å². The van der Waals surface area contributed by atoms with Crippen LogP contribution < -0.4 is 10.6 Å². The maximum Gasteiger partial charge on any atom is 0.251 e. The lowest BCUT2D eigenvalue weighted by Gasteiger charge is -2.37. The van der Waals surface area contributed by atoms with Gasteiger partial charge in [-0.3, -0.25) is 19.3 Å². The van der Waals surface area contributed by atoms with E-state index in [-0.39, 0.29) is 24.1 Å². The van der Waals surface area contributed by atoms with E-state index >= 15 is 0 Å². The number of likely N-dealkylation sites (N-methyl/N-ethyl adjacent to an activating group) is 1. The molecule has 0 spiro atoms. The molecule has 0 aliphatic carbocycles. The van der Waals surface area contributed by atoms with E-state index in [4.69, 9.17) is 4.74 Å². The van der Waals surface area contributed by atoms with Crippen molar-refractivity contribution in [3.63, 3.8) is 0 Å². The summed E-state index contributed by atoms with van der Waals surface area (Å²) in [6, 6.07) is -0.608. The molecule has 7 nitrogen and oxygen atoms in total. The summed E-state index contributed by atoms with van der Waals surface area (Å²) in [5, 5.41) is 6.05. The number of imide groups is 1. The van der Waals surface area contributed by atoms with Gasteiger partial charge in [-0.15, -0.1) is 0 Å². The summed E-state index contributed by atoms with van der Waals surface area (Å²) in [6.07, 6.45) is 2.02. The van der Waals surface area contributed by atoms with Gasteiger partial charge in [0.05, 0.1) is 12.0 Å². The second kappa shape index (κ2) is 6.53. The molecule has 2 N–H and O–H groups in total. The van der Waals surface area contributed by atoms with Gasteiger partial charge in [-0.1, -0.05) is 0 Å². The molecule has 0 aromatic heterocycles. The van der Waals surface area contributed by atoms with Crippen LogP contribution in [-0.2, 0) is 19.1 Å². The summed E-state index contributed by atoms with van der Waals surface area (Å²) in [6.45, 7) is 1.86. The average molecular weight is 297 g/mol. The number of carbonyl (C=O) groups excluding carboxylic acids is 3. The largest absolute Gasteiger partial charge is 0.384 e. The molecule has 3 amide bonds. The molecule has 1 atom stereocenters. The second-order valence-corrected chi connectivity index (χ2v) is 5.82. The number of nitrogens with one attached hydrogen (secondary N) is 2. The summed E-state index contributed by atoms with van der Waals surface area (Å²) in [5.74, 6) is -0.674. The molecule has 1 unspecified atom stereocenters. The number of rotatable bonds is 4. The third-order valence-electron chi connectivity index (χ3n) is 4.42. The van der Waals surface area contributed by atoms with E-state index in [0.29, 0.717) is 25.9 Å². The third-order valence-corrected chi connectivity index (χ3v) is 4.42. The van der Waals surface area contributed by atoms with Crippen LogP contribution in [-0.4, -0.2) is 62.5 Å². The van der Waals surface area contributed by atoms with Gasteiger partial charge in [-0.2, -0.15) is 0 Å². The van der Waals surface area contributed by atoms with Crippen LogP contribution in [0.1, 0.15) is 25.7 Å². The Kier molecular flexibility index (Phi) is 4.95. The normalized spacial score (nSPS) is 25.8. The van der Waals surface area contributed by atoms with Gasteiger partial charge in [-0.05, 0) is 32.4 Å². The fourth-order valence-electron chi connectivity index (χ4n) is 2.98. The molecule has 2 aliphatic heterocycles. The Balaban J connectivity index is 2.05. The quantitative estimate of drug-likeness (QED) is 0.668. The molecule has 2 saturated heterocycles. The Morgan fingerprint density at radius 2 is 2.10 bits per heavy atom. The minimum absolute atomic E-state index is 0.146. The molecular formula is C14H23N3O4. The average Bonchev–Trinajstić information content (AvgIpc) is 2.49. The number of carbonyl (C=O) groups is 3. The first kappa shape index (κ1) is 15.9. The van der Waals surface area contributed by atoms with Crippen LogP contribution in [0.25, 0.3) is 0 Å². The van der Waals surface area contributed by atoms with Crippen molar-refractivity contribution in [2.24, 2.45) is 5.41 Å². The topological polar surface area (TPSA) is 87.7 Å². The standard InChI is InChI=1S/C14H23N3O4/c1-17-11(18)4-3-10(12(17)19)16-13(20)14(9-21-2)5-7-15-8-6-14/h10,15H,3-9H2,1-2H3,(H,16,20). The van der Waals surface area contributed by atoms with Crippen LogP contribution >= 0.6 is 0 Å². The van der Waals surface area contributed by atoms with E-state index in [1.807, 2.05) is 0 Å². The molecule has 0 aromatic carbocycles. The summed E-state index contributed by atoms with van der Waals surface area (Å²) < 4.78 is 5.22. The van der Waals surface area contributed by atoms with Gasteiger partial charge < -0.3 is 15.4 Å². The molecular weight excluding hydrogens is 274 g/mol. The first-order valence-corrected chi connectivity index (χ1v) is 7.31. The Labute approximate surface area is 124 Å². The molecule has 0 radical (unpaired) electrons. The number of nitrogens with zero attached hydrogens (tertiary/aromatic N) is 1. The number of hydrogen-bond donors (Lipinski definition) is 2. The predicted octanol–water partition coefficient (Wildman–Crippen LogP) is -0.734. The van der Waals surface area contributed by atoms with Crippen LogP contribution in [0.2, 0.25) is 0 Å². The fourth-order valence-corrected chi connectivity index (χ4v) is 2.98. The lowest BCUT2D eigenvalue weighted by molar-refractivity contribution is -0.151. The number of piperidine rings is 2. The lowest BCUT2D eigenvalue weighted by atomic mass is 9.78. The summed E-state index contributed by atoms with van der Waals surface area (Å²) in [4.78, 5) is 37.3. The van der Waals surface area contributed by atoms with Gasteiger partial charge in [0.15, 0.2) is 0 Å². The van der Waals surface area contributed by atoms with E-state index in [1.165, 1.54) is 7.05 Å². The van der Waals surface area contributed by atoms with Gasteiger partial charge in [0.1, 0.15) is 6.04 Å². The molecule has 0 aromatic rings. The highest BCUT2D eigenvalue weighted by molar-refractivity contribution is 6.01. The minimum atomic E-state index is -0.608. The highest BCUT2D eigenvalue weighted by Gasteiger charge is 2.42. The molecule has 0 saturated carbocycles. The minimum Gasteiger partial charge on any atom is -0.384 e. The number of amides is 3. The molecule has 21 heavy (non-hydrogen) atoms. The molecule has 7 heteroatoms. The fraction of sp³-hybridized carbons (Fsp3) is 0.786. The van der Waals surface area contributed by atoms with Crippen molar-refractivity contribution in [1.82, 2.24) is 15.5 Å². The Bertz CT molecular complexity index is 426. The van der Waals surface area contributed by atoms with Crippen LogP contribution in [0.4, 0.5) is 0 Å². The summed E-state index contributed by atoms with van der Waals surface area (Å²) in [7, 11) is 3.04. The van der Waals surface area contributed by atoms with Crippen LogP contribution in [0.3, 0.4) is 0 Å². The second-order valence-electron chi connectivity index (χ2n) is 5.82. The summed E-state index contributed by atoms with van der Waals surface area (Å²) >= 11 is 0. The highest BCUT2D eigenvalue weighted by atomic mass is 16.5. The Morgan fingerprint density at radius 3 is 2.71 bits per heavy atom. The van der Waals surface area contributed by atoms with Crippen molar-refractivity contribution in [2.75, 3.05) is 33.9 Å². The number of ether oxygens (including phenoxy) is 1. The molecule has 0 bridgehead atoms. The van der Waals surface area contributed by atoms with Crippen molar-refractivity contribution in [3.8, 4) is 0 Å². The zero-order chi connectivity index (χ0) is 15.5. The van der Waals surface area contributed by atoms with Crippen LogP contribution in [0, 0.1) is 5.41 Å². The first-order chi connectivity index (χ1) is 10.00. The third kappa shape index (κ3) is 3.24. The maximum absolute atomic E-state index is 12.6. The van der Waals surface area contributed by atoms with Gasteiger partial charge >= 0.3 is 0 Å². The SMILES string of the molecule is COCC1(C(=O)NC2CCC(=O)N(C)C2=O)CCNCC1. The van der Waals surface area contributed by atoms with Gasteiger partial charge in [0, 0.05) is 20.6 Å². The van der Waals surface area contributed by atoms with E-state index in [2.05, 4.69) is 10.6 Å². The molecule has 2 rings (SSSR count). The first-order valence-electron chi connectivity index (χ1n) is 7.31. The van der Waals surface area contributed by atoms with Crippen LogP contribution in [0.5, 0.6) is 0 Å². The Morgan fingerprint density at radius 1 is 1.43 bits per heavy atom. The van der Waals surface area contributed by atoms with E-state index in [9.17, 15) is 14.4 Å². The number of hydrogen-bond acceptors (Lipinski definition) is 5. The van der Waals surface area contributed by atoms with Gasteiger partial charge in [0.2, 0.25) is 11.8 Å².